The SMILES string of the molecule is CC1CC(N)CN(CCCc2ccccc2)C1. The molecule has 17 heavy (non-hydrogen) atoms. The van der Waals surface area contributed by atoms with E-state index in [0.717, 1.165) is 12.5 Å². The van der Waals surface area contributed by atoms with Gasteiger partial charge in [-0.1, -0.05) is 37.3 Å². The second-order valence-electron chi connectivity index (χ2n) is 5.45. The Balaban J connectivity index is 1.71. The van der Waals surface area contributed by atoms with Crippen LogP contribution in [0.15, 0.2) is 30.3 Å². The summed E-state index contributed by atoms with van der Waals surface area (Å²) >= 11 is 0. The van der Waals surface area contributed by atoms with Crippen molar-refractivity contribution in [3.63, 3.8) is 0 Å². The zero-order chi connectivity index (χ0) is 12.1. The topological polar surface area (TPSA) is 29.3 Å². The number of hydrogen-bond donors (Lipinski definition) is 1. The van der Waals surface area contributed by atoms with Crippen LogP contribution in [-0.2, 0) is 6.42 Å². The summed E-state index contributed by atoms with van der Waals surface area (Å²) in [6.07, 6.45) is 3.61. The highest BCUT2D eigenvalue weighted by molar-refractivity contribution is 5.14. The number of hydrogen-bond acceptors (Lipinski definition) is 2. The maximum Gasteiger partial charge on any atom is 0.0170 e. The van der Waals surface area contributed by atoms with Crippen LogP contribution in [0.4, 0.5) is 0 Å². The fourth-order valence-electron chi connectivity index (χ4n) is 2.85. The summed E-state index contributed by atoms with van der Waals surface area (Å²) in [4.78, 5) is 2.53. The Kier molecular flexibility index (Phi) is 4.57. The van der Waals surface area contributed by atoms with Crippen molar-refractivity contribution in [2.45, 2.75) is 32.2 Å². The number of nitrogens with two attached hydrogens (primary N) is 1. The van der Waals surface area contributed by atoms with Crippen molar-refractivity contribution in [2.24, 2.45) is 11.7 Å². The molecule has 0 radical (unpaired) electrons. The Labute approximate surface area is 105 Å². The highest BCUT2D eigenvalue weighted by Gasteiger charge is 2.21. The van der Waals surface area contributed by atoms with Crippen molar-refractivity contribution < 1.29 is 0 Å². The van der Waals surface area contributed by atoms with E-state index < -0.39 is 0 Å². The Hall–Kier alpha value is -0.860. The van der Waals surface area contributed by atoms with Crippen molar-refractivity contribution in [3.05, 3.63) is 35.9 Å². The molecule has 2 heteroatoms. The van der Waals surface area contributed by atoms with Crippen molar-refractivity contribution in [2.75, 3.05) is 19.6 Å². The van der Waals surface area contributed by atoms with Gasteiger partial charge < -0.3 is 10.6 Å². The van der Waals surface area contributed by atoms with E-state index in [1.54, 1.807) is 0 Å². The van der Waals surface area contributed by atoms with Gasteiger partial charge in [-0.3, -0.25) is 0 Å². The predicted octanol–water partition coefficient (Wildman–Crippen LogP) is 2.29. The zero-order valence-corrected chi connectivity index (χ0v) is 10.8. The lowest BCUT2D eigenvalue weighted by Gasteiger charge is -2.34. The van der Waals surface area contributed by atoms with Crippen LogP contribution in [0.25, 0.3) is 0 Å². The highest BCUT2D eigenvalue weighted by Crippen LogP contribution is 2.15. The summed E-state index contributed by atoms with van der Waals surface area (Å²) in [5, 5.41) is 0. The van der Waals surface area contributed by atoms with Gasteiger partial charge in [0.25, 0.3) is 0 Å². The maximum atomic E-state index is 6.06. The van der Waals surface area contributed by atoms with Crippen LogP contribution in [0, 0.1) is 5.92 Å². The molecule has 2 unspecified atom stereocenters. The van der Waals surface area contributed by atoms with E-state index in [1.807, 2.05) is 0 Å². The molecule has 0 amide bonds. The molecule has 0 saturated carbocycles. The molecule has 0 aromatic heterocycles. The molecular formula is C15H24N2. The van der Waals surface area contributed by atoms with Crippen LogP contribution < -0.4 is 5.73 Å². The third-order valence-electron chi connectivity index (χ3n) is 3.55. The number of nitrogens with zero attached hydrogens (tertiary/aromatic N) is 1. The molecule has 1 aliphatic rings. The van der Waals surface area contributed by atoms with Crippen LogP contribution >= 0.6 is 0 Å². The lowest BCUT2D eigenvalue weighted by molar-refractivity contribution is 0.164. The van der Waals surface area contributed by atoms with Gasteiger partial charge in [0.05, 0.1) is 0 Å². The summed E-state index contributed by atoms with van der Waals surface area (Å²) in [7, 11) is 0. The van der Waals surface area contributed by atoms with Gasteiger partial charge in [-0.05, 0) is 37.3 Å². The van der Waals surface area contributed by atoms with Gasteiger partial charge in [0.15, 0.2) is 0 Å². The Bertz CT molecular complexity index is 313. The molecule has 2 nitrogen and oxygen atoms in total. The molecule has 1 aliphatic heterocycles. The number of aryl methyl sites for hydroxylation is 1. The first-order chi connectivity index (χ1) is 8.24. The highest BCUT2D eigenvalue weighted by atomic mass is 15.1. The molecule has 0 bridgehead atoms. The smallest absolute Gasteiger partial charge is 0.0170 e. The minimum absolute atomic E-state index is 0.385. The molecule has 2 N–H and O–H groups in total. The predicted molar refractivity (Wildman–Crippen MR) is 73.0 cm³/mol. The van der Waals surface area contributed by atoms with Crippen LogP contribution in [0.3, 0.4) is 0 Å². The molecule has 2 rings (SSSR count). The monoisotopic (exact) mass is 232 g/mol. The van der Waals surface area contributed by atoms with Crippen molar-refractivity contribution in [3.8, 4) is 0 Å². The summed E-state index contributed by atoms with van der Waals surface area (Å²) in [6, 6.07) is 11.1. The average molecular weight is 232 g/mol. The van der Waals surface area contributed by atoms with Gasteiger partial charge in [-0.15, -0.1) is 0 Å². The van der Waals surface area contributed by atoms with E-state index in [4.69, 9.17) is 5.73 Å². The molecule has 94 valence electrons. The second-order valence-corrected chi connectivity index (χ2v) is 5.45. The molecule has 2 atom stereocenters. The number of benzene rings is 1. The fourth-order valence-corrected chi connectivity index (χ4v) is 2.85. The summed E-state index contributed by atoms with van der Waals surface area (Å²) < 4.78 is 0. The van der Waals surface area contributed by atoms with Crippen molar-refractivity contribution in [1.29, 1.82) is 0 Å². The average Bonchev–Trinajstić information content (AvgIpc) is 2.29. The number of piperidine rings is 1. The first kappa shape index (κ1) is 12.6. The van der Waals surface area contributed by atoms with Crippen LogP contribution in [-0.4, -0.2) is 30.6 Å². The zero-order valence-electron chi connectivity index (χ0n) is 10.8. The van der Waals surface area contributed by atoms with Crippen LogP contribution in [0.1, 0.15) is 25.3 Å². The molecule has 1 saturated heterocycles. The molecule has 0 spiro atoms. The van der Waals surface area contributed by atoms with E-state index in [-0.39, 0.29) is 0 Å². The molecular weight excluding hydrogens is 208 g/mol. The van der Waals surface area contributed by atoms with Crippen LogP contribution in [0.2, 0.25) is 0 Å². The molecule has 1 aromatic rings. The summed E-state index contributed by atoms with van der Waals surface area (Å²) in [5.74, 6) is 0.760. The second kappa shape index (κ2) is 6.18. The van der Waals surface area contributed by atoms with E-state index in [1.165, 1.54) is 37.9 Å². The number of likely N-dealkylation sites (tertiary alicyclic amines) is 1. The molecule has 1 fully saturated rings. The van der Waals surface area contributed by atoms with E-state index >= 15 is 0 Å². The minimum Gasteiger partial charge on any atom is -0.327 e. The van der Waals surface area contributed by atoms with Crippen LogP contribution in [0.5, 0.6) is 0 Å². The van der Waals surface area contributed by atoms with E-state index in [0.29, 0.717) is 6.04 Å². The van der Waals surface area contributed by atoms with Crippen molar-refractivity contribution >= 4 is 0 Å². The third kappa shape index (κ3) is 4.14. The molecule has 0 aliphatic carbocycles. The molecule has 1 aromatic carbocycles. The van der Waals surface area contributed by atoms with Gasteiger partial charge in [-0.2, -0.15) is 0 Å². The van der Waals surface area contributed by atoms with Gasteiger partial charge in [-0.25, -0.2) is 0 Å². The quantitative estimate of drug-likeness (QED) is 0.863. The molecule has 1 heterocycles. The maximum absolute atomic E-state index is 6.06. The summed E-state index contributed by atoms with van der Waals surface area (Å²) in [6.45, 7) is 5.80. The van der Waals surface area contributed by atoms with Gasteiger partial charge in [0.1, 0.15) is 0 Å². The van der Waals surface area contributed by atoms with Gasteiger partial charge >= 0.3 is 0 Å². The number of rotatable bonds is 4. The Morgan fingerprint density at radius 2 is 2.00 bits per heavy atom. The van der Waals surface area contributed by atoms with Gasteiger partial charge in [0.2, 0.25) is 0 Å². The minimum atomic E-state index is 0.385. The standard InChI is InChI=1S/C15H24N2/c1-13-10-15(16)12-17(11-13)9-5-8-14-6-3-2-4-7-14/h2-4,6-7,13,15H,5,8-12,16H2,1H3. The van der Waals surface area contributed by atoms with Crippen molar-refractivity contribution in [1.82, 2.24) is 4.90 Å². The third-order valence-corrected chi connectivity index (χ3v) is 3.55. The van der Waals surface area contributed by atoms with Gasteiger partial charge in [0, 0.05) is 19.1 Å². The summed E-state index contributed by atoms with van der Waals surface area (Å²) in [5.41, 5.74) is 7.50. The normalized spacial score (nSPS) is 26.0. The first-order valence-electron chi connectivity index (χ1n) is 6.76. The fraction of sp³-hybridized carbons (Fsp3) is 0.600. The largest absolute Gasteiger partial charge is 0.327 e. The lowest BCUT2D eigenvalue weighted by Crippen LogP contribution is -2.46. The first-order valence-corrected chi connectivity index (χ1v) is 6.76. The Morgan fingerprint density at radius 3 is 2.71 bits per heavy atom. The van der Waals surface area contributed by atoms with E-state index in [2.05, 4.69) is 42.2 Å². The van der Waals surface area contributed by atoms with E-state index in [9.17, 15) is 0 Å². The Morgan fingerprint density at radius 1 is 1.24 bits per heavy atom. The lowest BCUT2D eigenvalue weighted by atomic mass is 9.96.